The molecule has 0 spiro atoms. The Morgan fingerprint density at radius 3 is 2.55 bits per heavy atom. The van der Waals surface area contributed by atoms with E-state index in [1.54, 1.807) is 18.0 Å². The van der Waals surface area contributed by atoms with Gasteiger partial charge in [0.25, 0.3) is 0 Å². The highest BCUT2D eigenvalue weighted by molar-refractivity contribution is 6.28. The minimum Gasteiger partial charge on any atom is -0.497 e. The molecule has 0 aliphatic carbocycles. The Hall–Kier alpha value is -2.34. The van der Waals surface area contributed by atoms with Gasteiger partial charge in [-0.1, -0.05) is 0 Å². The molecule has 0 aliphatic heterocycles. The fourth-order valence-electron chi connectivity index (χ4n) is 2.47. The Morgan fingerprint density at radius 1 is 1.23 bits per heavy atom. The Labute approximate surface area is 133 Å². The minimum atomic E-state index is 0.207. The molecular weight excluding hydrogens is 302 g/mol. The molecule has 0 radical (unpaired) electrons. The number of nitrogens with one attached hydrogen (secondary N) is 1. The summed E-state index contributed by atoms with van der Waals surface area (Å²) in [6, 6.07) is 3.96. The molecule has 3 rings (SSSR count). The third-order valence-corrected chi connectivity index (χ3v) is 3.72. The van der Waals surface area contributed by atoms with Crippen molar-refractivity contribution in [3.8, 4) is 5.75 Å². The molecule has 0 saturated heterocycles. The lowest BCUT2D eigenvalue weighted by molar-refractivity contribution is 0.414. The van der Waals surface area contributed by atoms with Gasteiger partial charge >= 0.3 is 0 Å². The first kappa shape index (κ1) is 14.6. The first-order valence-corrected chi connectivity index (χ1v) is 7.15. The number of nitrogens with zero attached hydrogens (tertiary/aromatic N) is 4. The Morgan fingerprint density at radius 2 is 1.91 bits per heavy atom. The van der Waals surface area contributed by atoms with Crippen LogP contribution < -0.4 is 10.1 Å². The molecule has 6 nitrogen and oxygen atoms in total. The number of halogens is 1. The van der Waals surface area contributed by atoms with Crippen molar-refractivity contribution in [2.45, 2.75) is 13.8 Å². The molecule has 2 aromatic heterocycles. The van der Waals surface area contributed by atoms with Gasteiger partial charge in [-0.15, -0.1) is 0 Å². The highest BCUT2D eigenvalue weighted by Crippen LogP contribution is 2.31. The van der Waals surface area contributed by atoms with Crippen LogP contribution in [0.1, 0.15) is 11.1 Å². The summed E-state index contributed by atoms with van der Waals surface area (Å²) in [5.41, 5.74) is 3.83. The second kappa shape index (κ2) is 5.46. The topological polar surface area (TPSA) is 64.9 Å². The molecule has 1 N–H and O–H groups in total. The largest absolute Gasteiger partial charge is 0.497 e. The molecular formula is C15H16ClN5O. The maximum absolute atomic E-state index is 5.85. The van der Waals surface area contributed by atoms with Crippen LogP contribution >= 0.6 is 11.6 Å². The number of rotatable bonds is 3. The van der Waals surface area contributed by atoms with Crippen LogP contribution in [0.2, 0.25) is 5.28 Å². The number of fused-ring (bicyclic) bond motifs is 1. The van der Waals surface area contributed by atoms with Crippen molar-refractivity contribution in [2.24, 2.45) is 7.05 Å². The van der Waals surface area contributed by atoms with Crippen molar-refractivity contribution < 1.29 is 4.74 Å². The number of benzene rings is 1. The van der Waals surface area contributed by atoms with Crippen LogP contribution in [0.3, 0.4) is 0 Å². The third kappa shape index (κ3) is 2.46. The average Bonchev–Trinajstić information content (AvgIpc) is 2.78. The van der Waals surface area contributed by atoms with Gasteiger partial charge in [-0.3, -0.25) is 0 Å². The zero-order valence-corrected chi connectivity index (χ0v) is 13.6. The first-order valence-electron chi connectivity index (χ1n) is 6.77. The number of hydrogen-bond acceptors (Lipinski definition) is 5. The summed E-state index contributed by atoms with van der Waals surface area (Å²) in [6.45, 7) is 4.05. The van der Waals surface area contributed by atoms with Crippen LogP contribution in [-0.2, 0) is 7.05 Å². The van der Waals surface area contributed by atoms with E-state index in [2.05, 4.69) is 20.4 Å². The van der Waals surface area contributed by atoms with Crippen molar-refractivity contribution in [1.82, 2.24) is 19.7 Å². The van der Waals surface area contributed by atoms with E-state index in [9.17, 15) is 0 Å². The highest BCUT2D eigenvalue weighted by atomic mass is 35.5. The van der Waals surface area contributed by atoms with E-state index in [1.165, 1.54) is 0 Å². The molecule has 0 amide bonds. The van der Waals surface area contributed by atoms with Gasteiger partial charge in [-0.25, -0.2) is 9.67 Å². The van der Waals surface area contributed by atoms with Crippen LogP contribution in [0.15, 0.2) is 18.3 Å². The summed E-state index contributed by atoms with van der Waals surface area (Å²) < 4.78 is 6.97. The van der Waals surface area contributed by atoms with E-state index in [0.717, 1.165) is 28.0 Å². The van der Waals surface area contributed by atoms with Gasteiger partial charge in [-0.2, -0.15) is 10.1 Å². The lowest BCUT2D eigenvalue weighted by atomic mass is 10.1. The molecule has 7 heteroatoms. The predicted octanol–water partition coefficient (Wildman–Crippen LogP) is 3.39. The average molecular weight is 318 g/mol. The van der Waals surface area contributed by atoms with Crippen molar-refractivity contribution in [3.05, 3.63) is 34.7 Å². The maximum Gasteiger partial charge on any atom is 0.224 e. The number of aromatic nitrogens is 4. The second-order valence-electron chi connectivity index (χ2n) is 5.11. The number of anilines is 2. The van der Waals surface area contributed by atoms with Gasteiger partial charge < -0.3 is 10.1 Å². The highest BCUT2D eigenvalue weighted by Gasteiger charge is 2.14. The molecule has 0 atom stereocenters. The molecule has 0 aliphatic rings. The van der Waals surface area contributed by atoms with Crippen molar-refractivity contribution in [1.29, 1.82) is 0 Å². The van der Waals surface area contributed by atoms with E-state index in [0.29, 0.717) is 11.5 Å². The summed E-state index contributed by atoms with van der Waals surface area (Å²) in [4.78, 5) is 8.24. The first-order chi connectivity index (χ1) is 10.5. The van der Waals surface area contributed by atoms with Gasteiger partial charge in [0, 0.05) is 18.9 Å². The predicted molar refractivity (Wildman–Crippen MR) is 87.1 cm³/mol. The summed E-state index contributed by atoms with van der Waals surface area (Å²) in [6.07, 6.45) is 1.67. The van der Waals surface area contributed by atoms with Crippen LogP contribution in [0.5, 0.6) is 5.75 Å². The van der Waals surface area contributed by atoms with E-state index < -0.39 is 0 Å². The van der Waals surface area contributed by atoms with Gasteiger partial charge in [0.05, 0.1) is 12.5 Å². The molecule has 0 unspecified atom stereocenters. The monoisotopic (exact) mass is 317 g/mol. The van der Waals surface area contributed by atoms with E-state index in [-0.39, 0.29) is 5.28 Å². The van der Waals surface area contributed by atoms with Crippen LogP contribution in [0, 0.1) is 13.8 Å². The fourth-order valence-corrected chi connectivity index (χ4v) is 2.60. The Balaban J connectivity index is 2.08. The molecule has 114 valence electrons. The number of ether oxygens (including phenoxy) is 1. The fraction of sp³-hybridized carbons (Fsp3) is 0.267. The van der Waals surface area contributed by atoms with E-state index in [1.807, 2.05) is 33.0 Å². The molecule has 0 fully saturated rings. The summed E-state index contributed by atoms with van der Waals surface area (Å²) in [5, 5.41) is 8.86. The minimum absolute atomic E-state index is 0.207. The van der Waals surface area contributed by atoms with Gasteiger partial charge in [0.1, 0.15) is 5.75 Å². The second-order valence-corrected chi connectivity index (χ2v) is 5.45. The van der Waals surface area contributed by atoms with Crippen LogP contribution in [-0.4, -0.2) is 26.9 Å². The van der Waals surface area contributed by atoms with E-state index >= 15 is 0 Å². The third-order valence-electron chi connectivity index (χ3n) is 3.54. The molecule has 0 bridgehead atoms. The summed E-state index contributed by atoms with van der Waals surface area (Å²) >= 11 is 5.85. The summed E-state index contributed by atoms with van der Waals surface area (Å²) in [7, 11) is 3.49. The molecule has 22 heavy (non-hydrogen) atoms. The van der Waals surface area contributed by atoms with E-state index in [4.69, 9.17) is 16.3 Å². The SMILES string of the molecule is COc1cc(C)c(Nc2nn(C)c3nc(Cl)ncc23)c(C)c1. The zero-order valence-electron chi connectivity index (χ0n) is 12.8. The lowest BCUT2D eigenvalue weighted by Gasteiger charge is -2.13. The van der Waals surface area contributed by atoms with Crippen molar-refractivity contribution in [2.75, 3.05) is 12.4 Å². The number of methoxy groups -OCH3 is 1. The smallest absolute Gasteiger partial charge is 0.224 e. The molecule has 1 aromatic carbocycles. The van der Waals surface area contributed by atoms with Gasteiger partial charge in [-0.05, 0) is 48.7 Å². The van der Waals surface area contributed by atoms with Crippen LogP contribution in [0.4, 0.5) is 11.5 Å². The number of hydrogen-bond donors (Lipinski definition) is 1. The van der Waals surface area contributed by atoms with Gasteiger partial charge in [0.2, 0.25) is 5.28 Å². The Bertz CT molecular complexity index is 836. The van der Waals surface area contributed by atoms with Crippen LogP contribution in [0.25, 0.3) is 11.0 Å². The summed E-state index contributed by atoms with van der Waals surface area (Å²) in [5.74, 6) is 1.53. The van der Waals surface area contributed by atoms with Crippen molar-refractivity contribution >= 4 is 34.1 Å². The number of aryl methyl sites for hydroxylation is 3. The quantitative estimate of drug-likeness (QED) is 0.750. The van der Waals surface area contributed by atoms with Gasteiger partial charge in [0.15, 0.2) is 11.5 Å². The zero-order chi connectivity index (χ0) is 15.9. The standard InChI is InChI=1S/C15H16ClN5O/c1-8-5-10(22-4)6-9(2)12(8)18-13-11-7-17-15(16)19-14(11)21(3)20-13/h5-7H,1-4H3,(H,18,20). The molecule has 3 aromatic rings. The molecule has 0 saturated carbocycles. The van der Waals surface area contributed by atoms with Crippen molar-refractivity contribution in [3.63, 3.8) is 0 Å². The maximum atomic E-state index is 5.85. The lowest BCUT2D eigenvalue weighted by Crippen LogP contribution is -1.99. The Kier molecular flexibility index (Phi) is 3.62. The normalized spacial score (nSPS) is 11.0. The molecule has 2 heterocycles.